The van der Waals surface area contributed by atoms with E-state index in [1.807, 2.05) is 11.4 Å². The van der Waals surface area contributed by atoms with Crippen molar-refractivity contribution in [3.63, 3.8) is 0 Å². The lowest BCUT2D eigenvalue weighted by molar-refractivity contribution is -0.134. The Kier molecular flexibility index (Phi) is 5.41. The van der Waals surface area contributed by atoms with Gasteiger partial charge in [0.05, 0.1) is 5.56 Å². The van der Waals surface area contributed by atoms with E-state index in [-0.39, 0.29) is 18.7 Å². The summed E-state index contributed by atoms with van der Waals surface area (Å²) in [5, 5.41) is 2.04. The zero-order valence-corrected chi connectivity index (χ0v) is 15.6. The number of carbonyl (C=O) groups excluding carboxylic acids is 3. The van der Waals surface area contributed by atoms with E-state index >= 15 is 0 Å². The van der Waals surface area contributed by atoms with Gasteiger partial charge < -0.3 is 9.32 Å². The number of aryl methyl sites for hydroxylation is 2. The van der Waals surface area contributed by atoms with Crippen LogP contribution in [0.3, 0.4) is 0 Å². The molecule has 3 rings (SSSR count). The summed E-state index contributed by atoms with van der Waals surface area (Å²) in [4.78, 5) is 39.3. The van der Waals surface area contributed by atoms with Crippen molar-refractivity contribution in [1.82, 2.24) is 15.8 Å². The second kappa shape index (κ2) is 7.74. The zero-order chi connectivity index (χ0) is 18.7. The SMILES string of the molecule is Cc1cc(C(=O)NNC(=O)CCC(=O)N2CCc3sccc3C2)c(C)o1. The van der Waals surface area contributed by atoms with E-state index in [1.165, 1.54) is 10.4 Å². The minimum atomic E-state index is -0.444. The molecule has 8 heteroatoms. The number of nitrogens with one attached hydrogen (secondary N) is 2. The fourth-order valence-electron chi connectivity index (χ4n) is 2.95. The highest BCUT2D eigenvalue weighted by molar-refractivity contribution is 7.10. The average Bonchev–Trinajstić information content (AvgIpc) is 3.22. The third kappa shape index (κ3) is 4.13. The number of hydrazine groups is 1. The van der Waals surface area contributed by atoms with Crippen molar-refractivity contribution in [2.75, 3.05) is 6.54 Å². The number of fused-ring (bicyclic) bond motifs is 1. The van der Waals surface area contributed by atoms with Gasteiger partial charge in [-0.1, -0.05) is 0 Å². The Morgan fingerprint density at radius 3 is 2.77 bits per heavy atom. The minimum absolute atomic E-state index is 0.0233. The van der Waals surface area contributed by atoms with Gasteiger partial charge in [0.1, 0.15) is 11.5 Å². The van der Waals surface area contributed by atoms with Crippen LogP contribution in [0.15, 0.2) is 21.9 Å². The maximum Gasteiger partial charge on any atom is 0.273 e. The third-order valence-corrected chi connectivity index (χ3v) is 5.35. The average molecular weight is 375 g/mol. The van der Waals surface area contributed by atoms with Gasteiger partial charge in [-0.15, -0.1) is 11.3 Å². The standard InChI is InChI=1S/C18H21N3O4S/c1-11-9-14(12(2)25-11)18(24)20-19-16(22)3-4-17(23)21-7-5-15-13(10-21)6-8-26-15/h6,8-9H,3-5,7,10H2,1-2H3,(H,19,22)(H,20,24). The van der Waals surface area contributed by atoms with E-state index in [9.17, 15) is 14.4 Å². The molecule has 0 atom stereocenters. The number of hydrogen-bond acceptors (Lipinski definition) is 5. The van der Waals surface area contributed by atoms with Gasteiger partial charge in [-0.25, -0.2) is 0 Å². The molecule has 0 aromatic carbocycles. The lowest BCUT2D eigenvalue weighted by atomic mass is 10.1. The summed E-state index contributed by atoms with van der Waals surface area (Å²) in [6, 6.07) is 3.65. The second-order valence-corrected chi connectivity index (χ2v) is 7.26. The van der Waals surface area contributed by atoms with Crippen LogP contribution in [-0.4, -0.2) is 29.2 Å². The van der Waals surface area contributed by atoms with Crippen LogP contribution in [0.2, 0.25) is 0 Å². The molecule has 0 aliphatic carbocycles. The van der Waals surface area contributed by atoms with Crippen molar-refractivity contribution in [3.8, 4) is 0 Å². The Labute approximate surface area is 155 Å². The molecular formula is C18H21N3O4S. The normalized spacial score (nSPS) is 13.2. The van der Waals surface area contributed by atoms with Gasteiger partial charge in [0.2, 0.25) is 11.8 Å². The maximum atomic E-state index is 12.3. The maximum absolute atomic E-state index is 12.3. The molecule has 3 amide bonds. The molecule has 26 heavy (non-hydrogen) atoms. The van der Waals surface area contributed by atoms with E-state index in [1.54, 1.807) is 36.2 Å². The van der Waals surface area contributed by atoms with Crippen LogP contribution in [-0.2, 0) is 22.6 Å². The molecule has 7 nitrogen and oxygen atoms in total. The fraction of sp³-hybridized carbons (Fsp3) is 0.389. The van der Waals surface area contributed by atoms with E-state index in [2.05, 4.69) is 10.9 Å². The molecule has 0 unspecified atom stereocenters. The smallest absolute Gasteiger partial charge is 0.273 e. The molecule has 2 aromatic heterocycles. The van der Waals surface area contributed by atoms with Gasteiger partial charge in [0, 0.05) is 30.8 Å². The third-order valence-electron chi connectivity index (χ3n) is 4.33. The Hall–Kier alpha value is -2.61. The molecular weight excluding hydrogens is 354 g/mol. The summed E-state index contributed by atoms with van der Waals surface area (Å²) in [7, 11) is 0. The molecule has 0 fully saturated rings. The van der Waals surface area contributed by atoms with E-state index in [4.69, 9.17) is 4.42 Å². The van der Waals surface area contributed by atoms with Crippen LogP contribution in [0.25, 0.3) is 0 Å². The molecule has 0 bridgehead atoms. The van der Waals surface area contributed by atoms with Crippen LogP contribution in [0.1, 0.15) is 45.2 Å². The number of rotatable bonds is 4. The van der Waals surface area contributed by atoms with E-state index in [0.29, 0.717) is 30.2 Å². The molecule has 0 spiro atoms. The Bertz CT molecular complexity index is 839. The lowest BCUT2D eigenvalue weighted by Crippen LogP contribution is -2.42. The zero-order valence-electron chi connectivity index (χ0n) is 14.8. The highest BCUT2D eigenvalue weighted by Gasteiger charge is 2.22. The predicted octanol–water partition coefficient (Wildman–Crippen LogP) is 2.08. The topological polar surface area (TPSA) is 91.7 Å². The van der Waals surface area contributed by atoms with Crippen molar-refractivity contribution < 1.29 is 18.8 Å². The molecule has 0 saturated heterocycles. The van der Waals surface area contributed by atoms with Gasteiger partial charge in [-0.2, -0.15) is 0 Å². The number of hydrogen-bond donors (Lipinski definition) is 2. The first kappa shape index (κ1) is 18.2. The summed E-state index contributed by atoms with van der Waals surface area (Å²) in [5.74, 6) is 0.213. The molecule has 1 aliphatic heterocycles. The van der Waals surface area contributed by atoms with Crippen molar-refractivity contribution in [3.05, 3.63) is 45.0 Å². The van der Waals surface area contributed by atoms with Crippen molar-refractivity contribution >= 4 is 29.1 Å². The Morgan fingerprint density at radius 2 is 2.04 bits per heavy atom. The number of furan rings is 1. The first-order valence-corrected chi connectivity index (χ1v) is 9.31. The van der Waals surface area contributed by atoms with Gasteiger partial charge >= 0.3 is 0 Å². The van der Waals surface area contributed by atoms with Gasteiger partial charge in [0.25, 0.3) is 5.91 Å². The molecule has 2 aromatic rings. The number of amides is 3. The van der Waals surface area contributed by atoms with Crippen LogP contribution < -0.4 is 10.9 Å². The van der Waals surface area contributed by atoms with Crippen molar-refractivity contribution in [1.29, 1.82) is 0 Å². The molecule has 1 aliphatic rings. The van der Waals surface area contributed by atoms with Crippen molar-refractivity contribution in [2.24, 2.45) is 0 Å². The number of thiophene rings is 1. The van der Waals surface area contributed by atoms with Crippen LogP contribution >= 0.6 is 11.3 Å². The minimum Gasteiger partial charge on any atom is -0.466 e. The first-order valence-electron chi connectivity index (χ1n) is 8.43. The molecule has 2 N–H and O–H groups in total. The Balaban J connectivity index is 1.42. The lowest BCUT2D eigenvalue weighted by Gasteiger charge is -2.27. The summed E-state index contributed by atoms with van der Waals surface area (Å²) >= 11 is 1.72. The summed E-state index contributed by atoms with van der Waals surface area (Å²) in [5.41, 5.74) is 6.25. The van der Waals surface area contributed by atoms with Gasteiger partial charge in [0.15, 0.2) is 0 Å². The highest BCUT2D eigenvalue weighted by Crippen LogP contribution is 2.24. The predicted molar refractivity (Wildman–Crippen MR) is 96.5 cm³/mol. The molecule has 0 radical (unpaired) electrons. The Morgan fingerprint density at radius 1 is 1.23 bits per heavy atom. The van der Waals surface area contributed by atoms with Gasteiger partial charge in [-0.05, 0) is 43.3 Å². The van der Waals surface area contributed by atoms with Gasteiger partial charge in [-0.3, -0.25) is 25.2 Å². The molecule has 138 valence electrons. The molecule has 3 heterocycles. The monoisotopic (exact) mass is 375 g/mol. The largest absolute Gasteiger partial charge is 0.466 e. The fourth-order valence-corrected chi connectivity index (χ4v) is 3.84. The highest BCUT2D eigenvalue weighted by atomic mass is 32.1. The summed E-state index contributed by atoms with van der Waals surface area (Å²) in [6.45, 7) is 4.71. The van der Waals surface area contributed by atoms with Crippen LogP contribution in [0.4, 0.5) is 0 Å². The summed E-state index contributed by atoms with van der Waals surface area (Å²) in [6.07, 6.45) is 1.00. The van der Waals surface area contributed by atoms with Crippen LogP contribution in [0.5, 0.6) is 0 Å². The van der Waals surface area contributed by atoms with E-state index < -0.39 is 11.8 Å². The van der Waals surface area contributed by atoms with Crippen molar-refractivity contribution in [2.45, 2.75) is 39.7 Å². The van der Waals surface area contributed by atoms with E-state index in [0.717, 1.165) is 6.42 Å². The summed E-state index contributed by atoms with van der Waals surface area (Å²) < 4.78 is 5.28. The number of carbonyl (C=O) groups is 3. The molecule has 0 saturated carbocycles. The first-order chi connectivity index (χ1) is 12.4. The van der Waals surface area contributed by atoms with Crippen LogP contribution in [0, 0.1) is 13.8 Å². The number of nitrogens with zero attached hydrogens (tertiary/aromatic N) is 1. The second-order valence-electron chi connectivity index (χ2n) is 6.26. The quantitative estimate of drug-likeness (QED) is 0.801.